The Kier molecular flexibility index (Phi) is 7.98. The zero-order valence-corrected chi connectivity index (χ0v) is 20.3. The summed E-state index contributed by atoms with van der Waals surface area (Å²) < 4.78 is 13.4. The van der Waals surface area contributed by atoms with Crippen LogP contribution in [0.3, 0.4) is 0 Å². The second-order valence-corrected chi connectivity index (χ2v) is 8.13. The first-order valence-electron chi connectivity index (χ1n) is 11.7. The van der Waals surface area contributed by atoms with E-state index in [4.69, 9.17) is 9.47 Å². The molecule has 1 heterocycles. The minimum Gasteiger partial charge on any atom is -0.490 e. The van der Waals surface area contributed by atoms with Crippen molar-refractivity contribution >= 4 is 23.5 Å². The summed E-state index contributed by atoms with van der Waals surface area (Å²) in [4.78, 5) is 25.0. The van der Waals surface area contributed by atoms with Gasteiger partial charge in [-0.25, -0.2) is 0 Å². The molecule has 0 spiro atoms. The lowest BCUT2D eigenvalue weighted by Gasteiger charge is -2.13. The Morgan fingerprint density at radius 3 is 2.36 bits per heavy atom. The average molecular weight is 481 g/mol. The van der Waals surface area contributed by atoms with Crippen LogP contribution in [0.4, 0.5) is 5.69 Å². The molecule has 6 heteroatoms. The van der Waals surface area contributed by atoms with Crippen LogP contribution < -0.4 is 14.8 Å². The van der Waals surface area contributed by atoms with Gasteiger partial charge in [-0.15, -0.1) is 0 Å². The molecule has 1 N–H and O–H groups in total. The highest BCUT2D eigenvalue weighted by molar-refractivity contribution is 6.06. The molecule has 0 aliphatic carbocycles. The zero-order chi connectivity index (χ0) is 25.3. The van der Waals surface area contributed by atoms with Crippen LogP contribution in [0, 0.1) is 6.92 Å². The van der Waals surface area contributed by atoms with E-state index in [1.807, 2.05) is 97.5 Å². The first-order valence-corrected chi connectivity index (χ1v) is 11.7. The SMILES string of the molecule is CCOc1cc(/C=C/C(=O)c2ccc(-n3cccc3)cc2)ccc1OCC(=O)Nc1ccccc1C. The summed E-state index contributed by atoms with van der Waals surface area (Å²) in [6.07, 6.45) is 7.18. The highest BCUT2D eigenvalue weighted by Crippen LogP contribution is 2.29. The van der Waals surface area contributed by atoms with Gasteiger partial charge in [0.15, 0.2) is 23.9 Å². The largest absolute Gasteiger partial charge is 0.490 e. The number of ether oxygens (including phenoxy) is 2. The molecular weight excluding hydrogens is 452 g/mol. The molecule has 4 rings (SSSR count). The highest BCUT2D eigenvalue weighted by Gasteiger charge is 2.10. The van der Waals surface area contributed by atoms with Crippen molar-refractivity contribution in [3.05, 3.63) is 114 Å². The molecule has 0 saturated heterocycles. The van der Waals surface area contributed by atoms with Crippen LogP contribution in [0.15, 0.2) is 97.3 Å². The number of aryl methyl sites for hydroxylation is 1. The van der Waals surface area contributed by atoms with E-state index in [0.29, 0.717) is 23.7 Å². The number of ketones is 1. The third kappa shape index (κ3) is 6.30. The summed E-state index contributed by atoms with van der Waals surface area (Å²) in [6, 6.07) is 24.3. The van der Waals surface area contributed by atoms with E-state index in [-0.39, 0.29) is 18.3 Å². The number of carbonyl (C=O) groups is 2. The zero-order valence-electron chi connectivity index (χ0n) is 20.3. The molecule has 0 unspecified atom stereocenters. The van der Waals surface area contributed by atoms with Crippen LogP contribution in [0.25, 0.3) is 11.8 Å². The van der Waals surface area contributed by atoms with Crippen LogP contribution in [0.2, 0.25) is 0 Å². The number of hydrogen-bond acceptors (Lipinski definition) is 4. The minimum atomic E-state index is -0.260. The maximum atomic E-state index is 12.7. The Bertz CT molecular complexity index is 1360. The van der Waals surface area contributed by atoms with Gasteiger partial charge in [-0.3, -0.25) is 9.59 Å². The number of aromatic nitrogens is 1. The van der Waals surface area contributed by atoms with Gasteiger partial charge >= 0.3 is 0 Å². The van der Waals surface area contributed by atoms with Gasteiger partial charge in [0.2, 0.25) is 0 Å². The average Bonchev–Trinajstić information content (AvgIpc) is 3.43. The van der Waals surface area contributed by atoms with Crippen molar-refractivity contribution in [1.82, 2.24) is 4.57 Å². The quantitative estimate of drug-likeness (QED) is 0.220. The van der Waals surface area contributed by atoms with Gasteiger partial charge in [0.1, 0.15) is 0 Å². The molecule has 0 saturated carbocycles. The summed E-state index contributed by atoms with van der Waals surface area (Å²) in [5.74, 6) is 0.608. The van der Waals surface area contributed by atoms with Gasteiger partial charge in [-0.05, 0) is 85.6 Å². The number of nitrogens with one attached hydrogen (secondary N) is 1. The smallest absolute Gasteiger partial charge is 0.262 e. The molecular formula is C30H28N2O4. The summed E-state index contributed by atoms with van der Waals surface area (Å²) >= 11 is 0. The van der Waals surface area contributed by atoms with Gasteiger partial charge in [0.05, 0.1) is 6.61 Å². The summed E-state index contributed by atoms with van der Waals surface area (Å²) in [5.41, 5.74) is 4.10. The number of benzene rings is 3. The molecule has 6 nitrogen and oxygen atoms in total. The summed E-state index contributed by atoms with van der Waals surface area (Å²) in [7, 11) is 0. The van der Waals surface area contributed by atoms with E-state index in [1.165, 1.54) is 6.08 Å². The van der Waals surface area contributed by atoms with E-state index < -0.39 is 0 Å². The second kappa shape index (κ2) is 11.7. The molecule has 0 atom stereocenters. The molecule has 182 valence electrons. The van der Waals surface area contributed by atoms with Crippen molar-refractivity contribution in [2.45, 2.75) is 13.8 Å². The highest BCUT2D eigenvalue weighted by atomic mass is 16.5. The normalized spacial score (nSPS) is 10.8. The van der Waals surface area contributed by atoms with Crippen molar-refractivity contribution in [3.8, 4) is 17.2 Å². The molecule has 36 heavy (non-hydrogen) atoms. The Morgan fingerprint density at radius 1 is 0.889 bits per heavy atom. The molecule has 0 aliphatic heterocycles. The van der Waals surface area contributed by atoms with E-state index in [9.17, 15) is 9.59 Å². The van der Waals surface area contributed by atoms with Gasteiger partial charge < -0.3 is 19.4 Å². The predicted molar refractivity (Wildman–Crippen MR) is 142 cm³/mol. The second-order valence-electron chi connectivity index (χ2n) is 8.13. The molecule has 0 radical (unpaired) electrons. The third-order valence-corrected chi connectivity index (χ3v) is 5.53. The number of rotatable bonds is 10. The minimum absolute atomic E-state index is 0.0970. The van der Waals surface area contributed by atoms with Crippen molar-refractivity contribution < 1.29 is 19.1 Å². The lowest BCUT2D eigenvalue weighted by atomic mass is 10.1. The fourth-order valence-corrected chi connectivity index (χ4v) is 3.63. The number of allylic oxidation sites excluding steroid dienone is 1. The van der Waals surface area contributed by atoms with E-state index in [2.05, 4.69) is 5.32 Å². The number of para-hydroxylation sites is 1. The summed E-state index contributed by atoms with van der Waals surface area (Å²) in [5, 5.41) is 2.85. The van der Waals surface area contributed by atoms with Crippen molar-refractivity contribution in [2.24, 2.45) is 0 Å². The Morgan fingerprint density at radius 2 is 1.64 bits per heavy atom. The number of hydrogen-bond donors (Lipinski definition) is 1. The standard InChI is InChI=1S/C30H28N2O4/c1-3-35-29-20-23(10-16-27(33)24-12-14-25(15-13-24)32-18-6-7-19-32)11-17-28(29)36-21-30(34)31-26-9-5-4-8-22(26)2/h4-20H,3,21H2,1-2H3,(H,31,34)/b16-10+. The van der Waals surface area contributed by atoms with Gasteiger partial charge in [-0.2, -0.15) is 0 Å². The summed E-state index contributed by atoms with van der Waals surface area (Å²) in [6.45, 7) is 4.09. The van der Waals surface area contributed by atoms with Crippen LogP contribution in [0.1, 0.15) is 28.4 Å². The number of anilines is 1. The van der Waals surface area contributed by atoms with E-state index in [0.717, 1.165) is 22.5 Å². The van der Waals surface area contributed by atoms with Crippen molar-refractivity contribution in [2.75, 3.05) is 18.5 Å². The third-order valence-electron chi connectivity index (χ3n) is 5.53. The van der Waals surface area contributed by atoms with Crippen molar-refractivity contribution in [1.29, 1.82) is 0 Å². The van der Waals surface area contributed by atoms with Crippen LogP contribution in [-0.2, 0) is 4.79 Å². The molecule has 1 amide bonds. The van der Waals surface area contributed by atoms with E-state index in [1.54, 1.807) is 18.2 Å². The molecule has 1 aromatic heterocycles. The van der Waals surface area contributed by atoms with Gasteiger partial charge in [0, 0.05) is 29.3 Å². The lowest BCUT2D eigenvalue weighted by molar-refractivity contribution is -0.118. The van der Waals surface area contributed by atoms with Crippen LogP contribution in [-0.4, -0.2) is 29.5 Å². The fourth-order valence-electron chi connectivity index (χ4n) is 3.63. The van der Waals surface area contributed by atoms with E-state index >= 15 is 0 Å². The van der Waals surface area contributed by atoms with Crippen LogP contribution in [0.5, 0.6) is 11.5 Å². The van der Waals surface area contributed by atoms with Crippen LogP contribution >= 0.6 is 0 Å². The Hall–Kier alpha value is -4.58. The Balaban J connectivity index is 1.39. The molecule has 0 aliphatic rings. The maximum Gasteiger partial charge on any atom is 0.262 e. The first-order chi connectivity index (χ1) is 17.5. The predicted octanol–water partition coefficient (Wildman–Crippen LogP) is 6.10. The fraction of sp³-hybridized carbons (Fsp3) is 0.133. The number of amides is 1. The monoisotopic (exact) mass is 480 g/mol. The lowest BCUT2D eigenvalue weighted by Crippen LogP contribution is -2.20. The van der Waals surface area contributed by atoms with Gasteiger partial charge in [-0.1, -0.05) is 30.3 Å². The van der Waals surface area contributed by atoms with Gasteiger partial charge in [0.25, 0.3) is 5.91 Å². The maximum absolute atomic E-state index is 12.7. The molecule has 4 aromatic rings. The number of nitrogens with zero attached hydrogens (tertiary/aromatic N) is 1. The first kappa shape index (κ1) is 24.5. The number of carbonyl (C=O) groups excluding carboxylic acids is 2. The molecule has 3 aromatic carbocycles. The molecule has 0 fully saturated rings. The Labute approximate surface area is 210 Å². The van der Waals surface area contributed by atoms with Crippen molar-refractivity contribution in [3.63, 3.8) is 0 Å². The topological polar surface area (TPSA) is 69.6 Å². The molecule has 0 bridgehead atoms.